The Labute approximate surface area is 78.1 Å². The predicted octanol–water partition coefficient (Wildman–Crippen LogP) is 0.811. The van der Waals surface area contributed by atoms with Crippen LogP contribution in [0, 0.1) is 6.92 Å². The van der Waals surface area contributed by atoms with Crippen LogP contribution in [0.5, 0.6) is 0 Å². The van der Waals surface area contributed by atoms with Crippen LogP contribution >= 0.6 is 0 Å². The number of fused-ring (bicyclic) bond motifs is 1. The van der Waals surface area contributed by atoms with Crippen molar-refractivity contribution in [2.75, 3.05) is 0 Å². The molecule has 0 fully saturated rings. The van der Waals surface area contributed by atoms with Crippen LogP contribution in [0.3, 0.4) is 0 Å². The third kappa shape index (κ3) is 1.46. The summed E-state index contributed by atoms with van der Waals surface area (Å²) < 4.78 is 2.02. The lowest BCUT2D eigenvalue weighted by atomic mass is 10.00. The Bertz CT molecular complexity index is 303. The molecule has 0 spiro atoms. The summed E-state index contributed by atoms with van der Waals surface area (Å²) in [5.74, 6) is 1.97. The molecular weight excluding hydrogens is 164 g/mol. The molecule has 2 unspecified atom stereocenters. The zero-order valence-electron chi connectivity index (χ0n) is 8.20. The quantitative estimate of drug-likeness (QED) is 0.695. The topological polar surface area (TPSA) is 56.7 Å². The molecule has 1 aliphatic rings. The average molecular weight is 180 g/mol. The summed E-state index contributed by atoms with van der Waals surface area (Å²) in [6, 6.07) is 0.519. The zero-order chi connectivity index (χ0) is 9.42. The van der Waals surface area contributed by atoms with E-state index in [4.69, 9.17) is 5.73 Å². The van der Waals surface area contributed by atoms with E-state index in [0.717, 1.165) is 24.5 Å². The number of hydrogen-bond donors (Lipinski definition) is 1. The monoisotopic (exact) mass is 180 g/mol. The highest BCUT2D eigenvalue weighted by molar-refractivity contribution is 4.98. The molecular formula is C9H16N4. The smallest absolute Gasteiger partial charge is 0.147 e. The molecule has 0 aliphatic carbocycles. The van der Waals surface area contributed by atoms with E-state index in [1.54, 1.807) is 0 Å². The fourth-order valence-electron chi connectivity index (χ4n) is 1.99. The summed E-state index contributed by atoms with van der Waals surface area (Å²) in [6.45, 7) is 3.97. The Morgan fingerprint density at radius 2 is 2.38 bits per heavy atom. The van der Waals surface area contributed by atoms with Crippen LogP contribution in [-0.4, -0.2) is 20.8 Å². The number of hydrogen-bond acceptors (Lipinski definition) is 3. The summed E-state index contributed by atoms with van der Waals surface area (Å²) in [7, 11) is 0. The van der Waals surface area contributed by atoms with Gasteiger partial charge in [-0.25, -0.2) is 9.67 Å². The van der Waals surface area contributed by atoms with E-state index in [9.17, 15) is 0 Å². The van der Waals surface area contributed by atoms with Crippen LogP contribution in [0.4, 0.5) is 0 Å². The molecule has 4 nitrogen and oxygen atoms in total. The molecule has 2 atom stereocenters. The summed E-state index contributed by atoms with van der Waals surface area (Å²) in [5, 5.41) is 4.38. The lowest BCUT2D eigenvalue weighted by Crippen LogP contribution is -2.33. The van der Waals surface area contributed by atoms with Gasteiger partial charge < -0.3 is 5.73 Å². The van der Waals surface area contributed by atoms with Crippen molar-refractivity contribution in [1.82, 2.24) is 14.8 Å². The van der Waals surface area contributed by atoms with Crippen molar-refractivity contribution >= 4 is 0 Å². The molecule has 0 aromatic carbocycles. The molecule has 0 saturated heterocycles. The SMILES string of the molecule is Cc1nc2n(n1)C(C(C)N)CCC2. The van der Waals surface area contributed by atoms with Gasteiger partial charge in [0, 0.05) is 12.5 Å². The fourth-order valence-corrected chi connectivity index (χ4v) is 1.99. The lowest BCUT2D eigenvalue weighted by molar-refractivity contribution is 0.320. The van der Waals surface area contributed by atoms with Crippen LogP contribution in [0.2, 0.25) is 0 Å². The van der Waals surface area contributed by atoms with Crippen molar-refractivity contribution in [3.05, 3.63) is 11.6 Å². The second-order valence-electron chi connectivity index (χ2n) is 3.84. The molecule has 1 aromatic heterocycles. The standard InChI is InChI=1S/C9H16N4/c1-6(10)8-4-3-5-9-11-7(2)12-13(8)9/h6,8H,3-5,10H2,1-2H3. The maximum Gasteiger partial charge on any atom is 0.147 e. The van der Waals surface area contributed by atoms with E-state index in [-0.39, 0.29) is 6.04 Å². The highest BCUT2D eigenvalue weighted by Gasteiger charge is 2.24. The largest absolute Gasteiger partial charge is 0.326 e. The molecule has 0 bridgehead atoms. The average Bonchev–Trinajstić information content (AvgIpc) is 2.43. The van der Waals surface area contributed by atoms with Crippen LogP contribution in [0.1, 0.15) is 37.5 Å². The molecule has 0 radical (unpaired) electrons. The minimum atomic E-state index is 0.167. The third-order valence-corrected chi connectivity index (χ3v) is 2.63. The molecule has 72 valence electrons. The van der Waals surface area contributed by atoms with Gasteiger partial charge in [0.05, 0.1) is 6.04 Å². The number of nitrogens with two attached hydrogens (primary N) is 1. The Morgan fingerprint density at radius 3 is 3.08 bits per heavy atom. The van der Waals surface area contributed by atoms with Gasteiger partial charge in [-0.05, 0) is 26.7 Å². The van der Waals surface area contributed by atoms with Gasteiger partial charge in [-0.2, -0.15) is 5.10 Å². The van der Waals surface area contributed by atoms with Crippen molar-refractivity contribution in [2.45, 2.75) is 45.2 Å². The fraction of sp³-hybridized carbons (Fsp3) is 0.778. The normalized spacial score (nSPS) is 24.1. The Hall–Kier alpha value is -0.900. The van der Waals surface area contributed by atoms with Crippen LogP contribution in [0.25, 0.3) is 0 Å². The van der Waals surface area contributed by atoms with Gasteiger partial charge in [0.1, 0.15) is 11.6 Å². The molecule has 0 amide bonds. The molecule has 0 saturated carbocycles. The first-order valence-electron chi connectivity index (χ1n) is 4.86. The number of rotatable bonds is 1. The van der Waals surface area contributed by atoms with E-state index in [0.29, 0.717) is 6.04 Å². The maximum absolute atomic E-state index is 5.90. The van der Waals surface area contributed by atoms with Gasteiger partial charge in [-0.1, -0.05) is 0 Å². The number of nitrogens with zero attached hydrogens (tertiary/aromatic N) is 3. The highest BCUT2D eigenvalue weighted by atomic mass is 15.4. The van der Waals surface area contributed by atoms with E-state index in [1.807, 2.05) is 18.5 Å². The van der Waals surface area contributed by atoms with Crippen molar-refractivity contribution in [1.29, 1.82) is 0 Å². The Balaban J connectivity index is 2.36. The van der Waals surface area contributed by atoms with Gasteiger partial charge in [0.25, 0.3) is 0 Å². The zero-order valence-corrected chi connectivity index (χ0v) is 8.20. The highest BCUT2D eigenvalue weighted by Crippen LogP contribution is 2.24. The van der Waals surface area contributed by atoms with Gasteiger partial charge in [-0.15, -0.1) is 0 Å². The predicted molar refractivity (Wildman–Crippen MR) is 50.4 cm³/mol. The summed E-state index contributed by atoms with van der Waals surface area (Å²) >= 11 is 0. The minimum Gasteiger partial charge on any atom is -0.326 e. The first-order chi connectivity index (χ1) is 6.18. The van der Waals surface area contributed by atoms with E-state index < -0.39 is 0 Å². The molecule has 2 N–H and O–H groups in total. The van der Waals surface area contributed by atoms with Crippen LogP contribution in [0.15, 0.2) is 0 Å². The van der Waals surface area contributed by atoms with Crippen molar-refractivity contribution in [2.24, 2.45) is 5.73 Å². The van der Waals surface area contributed by atoms with Gasteiger partial charge in [0.15, 0.2) is 0 Å². The second kappa shape index (κ2) is 3.10. The van der Waals surface area contributed by atoms with E-state index >= 15 is 0 Å². The molecule has 13 heavy (non-hydrogen) atoms. The molecule has 4 heteroatoms. The third-order valence-electron chi connectivity index (χ3n) is 2.63. The van der Waals surface area contributed by atoms with Gasteiger partial charge >= 0.3 is 0 Å². The summed E-state index contributed by atoms with van der Waals surface area (Å²) in [4.78, 5) is 4.38. The molecule has 1 aliphatic heterocycles. The van der Waals surface area contributed by atoms with Gasteiger partial charge in [-0.3, -0.25) is 0 Å². The Morgan fingerprint density at radius 1 is 1.62 bits per heavy atom. The lowest BCUT2D eigenvalue weighted by Gasteiger charge is -2.26. The van der Waals surface area contributed by atoms with E-state index in [2.05, 4.69) is 10.1 Å². The number of aryl methyl sites for hydroxylation is 2. The van der Waals surface area contributed by atoms with Crippen molar-refractivity contribution in [3.8, 4) is 0 Å². The second-order valence-corrected chi connectivity index (χ2v) is 3.84. The first-order valence-corrected chi connectivity index (χ1v) is 4.86. The van der Waals surface area contributed by atoms with Gasteiger partial charge in [0.2, 0.25) is 0 Å². The van der Waals surface area contributed by atoms with Crippen molar-refractivity contribution in [3.63, 3.8) is 0 Å². The Kier molecular flexibility index (Phi) is 2.07. The van der Waals surface area contributed by atoms with Crippen LogP contribution in [-0.2, 0) is 6.42 Å². The molecule has 1 aromatic rings. The number of aromatic nitrogens is 3. The van der Waals surface area contributed by atoms with Crippen LogP contribution < -0.4 is 5.73 Å². The van der Waals surface area contributed by atoms with Crippen molar-refractivity contribution < 1.29 is 0 Å². The minimum absolute atomic E-state index is 0.167. The first kappa shape index (κ1) is 8.69. The summed E-state index contributed by atoms with van der Waals surface area (Å²) in [6.07, 6.45) is 3.36. The maximum atomic E-state index is 5.90. The van der Waals surface area contributed by atoms with E-state index in [1.165, 1.54) is 6.42 Å². The molecule has 2 rings (SSSR count). The molecule has 2 heterocycles. The summed E-state index contributed by atoms with van der Waals surface area (Å²) in [5.41, 5.74) is 5.90.